The summed E-state index contributed by atoms with van der Waals surface area (Å²) < 4.78 is 7.31. The summed E-state index contributed by atoms with van der Waals surface area (Å²) >= 11 is 0. The molecule has 1 aromatic carbocycles. The molecule has 0 bridgehead atoms. The highest BCUT2D eigenvalue weighted by molar-refractivity contribution is 5.39. The quantitative estimate of drug-likeness (QED) is 0.772. The van der Waals surface area contributed by atoms with Gasteiger partial charge in [0.25, 0.3) is 0 Å². The van der Waals surface area contributed by atoms with Gasteiger partial charge < -0.3 is 10.5 Å². The smallest absolute Gasteiger partial charge is 0.165 e. The molecule has 2 aromatic rings. The van der Waals surface area contributed by atoms with Gasteiger partial charge in [-0.05, 0) is 16.5 Å². The topological polar surface area (TPSA) is 78.9 Å². The summed E-state index contributed by atoms with van der Waals surface area (Å²) in [7, 11) is 0. The molecule has 1 atom stereocenters. The fraction of sp³-hybridized carbons (Fsp3) is 0.300. The summed E-state index contributed by atoms with van der Waals surface area (Å²) in [4.78, 5) is 0. The molecule has 0 fully saturated rings. The first-order chi connectivity index (χ1) is 7.90. The van der Waals surface area contributed by atoms with Crippen LogP contribution in [0.25, 0.3) is 0 Å². The molecule has 0 saturated heterocycles. The molecule has 1 aliphatic heterocycles. The third kappa shape index (κ3) is 1.27. The van der Waals surface area contributed by atoms with Gasteiger partial charge in [-0.15, -0.1) is 5.10 Å². The molecular formula is C10H11N5O. The first kappa shape index (κ1) is 9.29. The fourth-order valence-corrected chi connectivity index (χ4v) is 1.94. The van der Waals surface area contributed by atoms with Crippen molar-refractivity contribution in [1.82, 2.24) is 20.2 Å². The number of rotatable bonds is 2. The second kappa shape index (κ2) is 3.57. The van der Waals surface area contributed by atoms with Crippen molar-refractivity contribution in [3.63, 3.8) is 0 Å². The molecule has 0 aliphatic carbocycles. The van der Waals surface area contributed by atoms with Gasteiger partial charge in [0.2, 0.25) is 0 Å². The maximum atomic E-state index is 5.58. The lowest BCUT2D eigenvalue weighted by molar-refractivity contribution is 0.303. The van der Waals surface area contributed by atoms with Crippen LogP contribution in [0.15, 0.2) is 24.3 Å². The average Bonchev–Trinajstić information content (AvgIpc) is 2.94. The molecule has 6 nitrogen and oxygen atoms in total. The molecule has 1 unspecified atom stereocenters. The Balaban J connectivity index is 2.04. The zero-order chi connectivity index (χ0) is 11.0. The van der Waals surface area contributed by atoms with Crippen LogP contribution in [0.5, 0.6) is 5.75 Å². The number of ether oxygens (including phenoxy) is 1. The Morgan fingerprint density at radius 2 is 2.31 bits per heavy atom. The molecule has 0 spiro atoms. The molecule has 2 N–H and O–H groups in total. The normalized spacial score (nSPS) is 18.2. The fourth-order valence-electron chi connectivity index (χ4n) is 1.94. The van der Waals surface area contributed by atoms with E-state index in [1.807, 2.05) is 24.3 Å². The lowest BCUT2D eigenvalue weighted by Gasteiger charge is -2.09. The zero-order valence-corrected chi connectivity index (χ0v) is 8.58. The summed E-state index contributed by atoms with van der Waals surface area (Å²) in [6, 6.07) is 7.93. The van der Waals surface area contributed by atoms with Gasteiger partial charge >= 0.3 is 0 Å². The second-order valence-corrected chi connectivity index (χ2v) is 3.61. The van der Waals surface area contributed by atoms with E-state index in [9.17, 15) is 0 Å². The van der Waals surface area contributed by atoms with E-state index in [0.29, 0.717) is 19.0 Å². The van der Waals surface area contributed by atoms with Gasteiger partial charge in [0.1, 0.15) is 18.4 Å². The summed E-state index contributed by atoms with van der Waals surface area (Å²) in [6.45, 7) is 0.878. The molecule has 2 heterocycles. The summed E-state index contributed by atoms with van der Waals surface area (Å²) in [5.74, 6) is 1.57. The maximum Gasteiger partial charge on any atom is 0.165 e. The summed E-state index contributed by atoms with van der Waals surface area (Å²) in [5.41, 5.74) is 6.68. The lowest BCUT2D eigenvalue weighted by Crippen LogP contribution is -2.18. The van der Waals surface area contributed by atoms with Crippen LogP contribution in [0.1, 0.15) is 17.4 Å². The minimum absolute atomic E-state index is 0.0322. The Kier molecular flexibility index (Phi) is 2.07. The Labute approximate surface area is 92.0 Å². The van der Waals surface area contributed by atoms with Crippen LogP contribution >= 0.6 is 0 Å². The van der Waals surface area contributed by atoms with Gasteiger partial charge in [0.15, 0.2) is 5.82 Å². The Morgan fingerprint density at radius 3 is 3.19 bits per heavy atom. The maximum absolute atomic E-state index is 5.58. The van der Waals surface area contributed by atoms with E-state index in [0.717, 1.165) is 11.3 Å². The van der Waals surface area contributed by atoms with E-state index < -0.39 is 0 Å². The molecule has 1 aliphatic rings. The van der Waals surface area contributed by atoms with Crippen LogP contribution in [-0.4, -0.2) is 26.8 Å². The number of aromatic nitrogens is 4. The van der Waals surface area contributed by atoms with Crippen molar-refractivity contribution in [2.24, 2.45) is 5.73 Å². The molecule has 1 aromatic heterocycles. The van der Waals surface area contributed by atoms with Crippen molar-refractivity contribution >= 4 is 0 Å². The van der Waals surface area contributed by atoms with Crippen molar-refractivity contribution in [3.8, 4) is 5.75 Å². The highest BCUT2D eigenvalue weighted by Gasteiger charge is 2.27. The van der Waals surface area contributed by atoms with Crippen molar-refractivity contribution in [1.29, 1.82) is 0 Å². The highest BCUT2D eigenvalue weighted by atomic mass is 16.5. The van der Waals surface area contributed by atoms with Crippen LogP contribution in [-0.2, 0) is 6.54 Å². The number of fused-ring (bicyclic) bond motifs is 1. The van der Waals surface area contributed by atoms with Crippen molar-refractivity contribution < 1.29 is 4.74 Å². The lowest BCUT2D eigenvalue weighted by atomic mass is 10.1. The molecular weight excluding hydrogens is 206 g/mol. The molecule has 6 heteroatoms. The first-order valence-electron chi connectivity index (χ1n) is 5.08. The predicted molar refractivity (Wildman–Crippen MR) is 55.8 cm³/mol. The van der Waals surface area contributed by atoms with E-state index in [4.69, 9.17) is 10.5 Å². The van der Waals surface area contributed by atoms with Gasteiger partial charge in [0.05, 0.1) is 6.54 Å². The number of hydrogen-bond donors (Lipinski definition) is 1. The van der Waals surface area contributed by atoms with E-state index in [1.54, 1.807) is 4.68 Å². The Bertz CT molecular complexity index is 509. The van der Waals surface area contributed by atoms with E-state index >= 15 is 0 Å². The third-order valence-electron chi connectivity index (χ3n) is 2.71. The van der Waals surface area contributed by atoms with Crippen molar-refractivity contribution in [2.45, 2.75) is 12.6 Å². The van der Waals surface area contributed by atoms with Gasteiger partial charge in [-0.3, -0.25) is 0 Å². The number of nitrogens with two attached hydrogens (primary N) is 1. The third-order valence-corrected chi connectivity index (χ3v) is 2.71. The molecule has 0 radical (unpaired) electrons. The van der Waals surface area contributed by atoms with Crippen molar-refractivity contribution in [2.75, 3.05) is 6.61 Å². The van der Waals surface area contributed by atoms with Crippen molar-refractivity contribution in [3.05, 3.63) is 35.7 Å². The monoisotopic (exact) mass is 217 g/mol. The highest BCUT2D eigenvalue weighted by Crippen LogP contribution is 2.34. The molecule has 16 heavy (non-hydrogen) atoms. The first-order valence-corrected chi connectivity index (χ1v) is 5.08. The minimum atomic E-state index is 0.0322. The number of para-hydroxylation sites is 1. The Hall–Kier alpha value is -1.95. The molecule has 82 valence electrons. The average molecular weight is 217 g/mol. The zero-order valence-electron chi connectivity index (χ0n) is 8.58. The van der Waals surface area contributed by atoms with Gasteiger partial charge in [-0.25, -0.2) is 4.68 Å². The van der Waals surface area contributed by atoms with Crippen LogP contribution in [0, 0.1) is 0 Å². The number of tetrazole rings is 1. The van der Waals surface area contributed by atoms with Crippen LogP contribution in [0.4, 0.5) is 0 Å². The number of nitrogens with zero attached hydrogens (tertiary/aromatic N) is 4. The summed E-state index contributed by atoms with van der Waals surface area (Å²) in [6.07, 6.45) is 0. The van der Waals surface area contributed by atoms with Crippen LogP contribution in [0.2, 0.25) is 0 Å². The summed E-state index contributed by atoms with van der Waals surface area (Å²) in [5, 5.41) is 11.5. The van der Waals surface area contributed by atoms with Gasteiger partial charge in [-0.2, -0.15) is 0 Å². The van der Waals surface area contributed by atoms with Crippen LogP contribution in [0.3, 0.4) is 0 Å². The van der Waals surface area contributed by atoms with Gasteiger partial charge in [0, 0.05) is 5.56 Å². The standard InChI is InChI=1S/C10H11N5O/c11-5-10-12-13-14-15(10)8-6-16-9-4-2-1-3-7(8)9/h1-4,8H,5-6,11H2. The molecule has 0 amide bonds. The van der Waals surface area contributed by atoms with Gasteiger partial charge in [-0.1, -0.05) is 18.2 Å². The SMILES string of the molecule is NCc1nnnn1C1COc2ccccc21. The van der Waals surface area contributed by atoms with Crippen LogP contribution < -0.4 is 10.5 Å². The molecule has 3 rings (SSSR count). The van der Waals surface area contributed by atoms with E-state index in [2.05, 4.69) is 15.5 Å². The van der Waals surface area contributed by atoms with E-state index in [1.165, 1.54) is 0 Å². The largest absolute Gasteiger partial charge is 0.491 e. The second-order valence-electron chi connectivity index (χ2n) is 3.61. The number of hydrogen-bond acceptors (Lipinski definition) is 5. The number of benzene rings is 1. The van der Waals surface area contributed by atoms with E-state index in [-0.39, 0.29) is 6.04 Å². The molecule has 0 saturated carbocycles. The predicted octanol–water partition coefficient (Wildman–Crippen LogP) is 0.114. The Morgan fingerprint density at radius 1 is 1.44 bits per heavy atom. The minimum Gasteiger partial charge on any atom is -0.491 e.